The molecule has 2 atom stereocenters. The van der Waals surface area contributed by atoms with E-state index in [1.807, 2.05) is 37.3 Å². The minimum Gasteiger partial charge on any atom is -0.445 e. The van der Waals surface area contributed by atoms with Gasteiger partial charge in [-0.2, -0.15) is 5.26 Å². The summed E-state index contributed by atoms with van der Waals surface area (Å²) in [6.07, 6.45) is 9.57. The largest absolute Gasteiger partial charge is 0.445 e. The van der Waals surface area contributed by atoms with Gasteiger partial charge in [-0.15, -0.1) is 0 Å². The van der Waals surface area contributed by atoms with Crippen LogP contribution in [0.15, 0.2) is 60.7 Å². The van der Waals surface area contributed by atoms with Crippen LogP contribution < -0.4 is 19.7 Å². The molecule has 0 radical (unpaired) electrons. The van der Waals surface area contributed by atoms with E-state index in [0.29, 0.717) is 17.3 Å². The van der Waals surface area contributed by atoms with E-state index >= 15 is 0 Å². The number of piperidine rings is 1. The lowest BCUT2D eigenvalue weighted by Gasteiger charge is -2.36. The molecular weight excluding hydrogens is 584 g/mol. The van der Waals surface area contributed by atoms with Crippen molar-refractivity contribution in [1.82, 2.24) is 4.90 Å². The van der Waals surface area contributed by atoms with Crippen molar-refractivity contribution in [2.45, 2.75) is 90.0 Å². The quantitative estimate of drug-likeness (QED) is 0.250. The van der Waals surface area contributed by atoms with Crippen LogP contribution >= 0.6 is 0 Å². The third-order valence-corrected chi connectivity index (χ3v) is 10.7. The zero-order valence-electron chi connectivity index (χ0n) is 28.1. The van der Waals surface area contributed by atoms with Gasteiger partial charge in [0.25, 0.3) is 5.79 Å². The first-order chi connectivity index (χ1) is 22.8. The number of likely N-dealkylation sites (tertiary alicyclic amines) is 1. The molecule has 8 rings (SSSR count). The molecule has 0 spiro atoms. The molecular formula is C40H48N4O3. The molecule has 3 aliphatic heterocycles. The van der Waals surface area contributed by atoms with Gasteiger partial charge in [0.05, 0.1) is 23.0 Å². The summed E-state index contributed by atoms with van der Waals surface area (Å²) in [6.45, 7) is 10.3. The van der Waals surface area contributed by atoms with Crippen molar-refractivity contribution in [2.75, 3.05) is 36.4 Å². The Morgan fingerprint density at radius 1 is 1.00 bits per heavy atom. The third kappa shape index (κ3) is 6.58. The Kier molecular flexibility index (Phi) is 8.89. The van der Waals surface area contributed by atoms with Crippen LogP contribution in [0.25, 0.3) is 0 Å². The minimum atomic E-state index is -0.958. The standard InChI is InChI=1S/C36H40N4O3.C4H8/c1-3-17-40-31-21-27(34(41)26-8-5-9-26)13-14-30(31)38-33(40)23-39-18-15-25(16-19-39)29-11-6-12-32-35(29)43-36(2,42-32)28-10-4-7-24(20-28)22-37;1-4-2-3-4/h4,6-7,10-14,20-21,25-26,33,38H,3,5,8-9,15-19,23H2,1-2H3;4H,2-3H2,1H3. The molecule has 3 aromatic rings. The molecule has 1 saturated heterocycles. The Morgan fingerprint density at radius 3 is 2.45 bits per heavy atom. The lowest BCUT2D eigenvalue weighted by Crippen LogP contribution is -2.47. The number of benzene rings is 3. The lowest BCUT2D eigenvalue weighted by atomic mass is 9.80. The van der Waals surface area contributed by atoms with Crippen molar-refractivity contribution in [3.63, 3.8) is 0 Å². The van der Waals surface area contributed by atoms with Crippen molar-refractivity contribution in [3.8, 4) is 17.6 Å². The highest BCUT2D eigenvalue weighted by molar-refractivity contribution is 6.00. The second kappa shape index (κ2) is 13.2. The topological polar surface area (TPSA) is 77.8 Å². The smallest absolute Gasteiger partial charge is 0.275 e. The van der Waals surface area contributed by atoms with Gasteiger partial charge in [0.2, 0.25) is 0 Å². The van der Waals surface area contributed by atoms with Gasteiger partial charge in [0.1, 0.15) is 6.17 Å². The Labute approximate surface area is 279 Å². The fourth-order valence-electron chi connectivity index (χ4n) is 7.33. The third-order valence-electron chi connectivity index (χ3n) is 10.7. The van der Waals surface area contributed by atoms with E-state index in [0.717, 1.165) is 92.5 Å². The first kappa shape index (κ1) is 31.6. The number of rotatable bonds is 8. The summed E-state index contributed by atoms with van der Waals surface area (Å²) < 4.78 is 12.9. The summed E-state index contributed by atoms with van der Waals surface area (Å²) in [5.74, 6) is 2.65. The summed E-state index contributed by atoms with van der Waals surface area (Å²) in [4.78, 5) is 18.0. The number of carbonyl (C=O) groups excluding carboxylic acids is 1. The molecule has 2 unspecified atom stereocenters. The number of nitrogens with zero attached hydrogens (tertiary/aromatic N) is 3. The maximum absolute atomic E-state index is 13.0. The molecule has 2 aliphatic carbocycles. The zero-order valence-corrected chi connectivity index (χ0v) is 28.1. The number of ether oxygens (including phenoxy) is 2. The summed E-state index contributed by atoms with van der Waals surface area (Å²) in [6, 6.07) is 22.2. The zero-order chi connectivity index (χ0) is 32.5. The second-order valence-electron chi connectivity index (χ2n) is 14.4. The van der Waals surface area contributed by atoms with Gasteiger partial charge >= 0.3 is 0 Å². The minimum absolute atomic E-state index is 0.197. The number of hydrogen-bond donors (Lipinski definition) is 1. The van der Waals surface area contributed by atoms with E-state index in [1.54, 1.807) is 6.07 Å². The van der Waals surface area contributed by atoms with E-state index in [-0.39, 0.29) is 12.1 Å². The number of hydrogen-bond acceptors (Lipinski definition) is 7. The van der Waals surface area contributed by atoms with Crippen LogP contribution in [0.1, 0.15) is 105 Å². The SMILES string of the molecule is CC1CC1.CCCN1c2cc(C(=O)C3CCC3)ccc2NC1CN1CCC(c2cccc3c2OC(C)(c2cccc(C#N)c2)O3)CC1. The fourth-order valence-corrected chi connectivity index (χ4v) is 7.33. The Hall–Kier alpha value is -4.02. The fraction of sp³-hybridized carbons (Fsp3) is 0.500. The molecule has 3 aromatic carbocycles. The first-order valence-corrected chi connectivity index (χ1v) is 17.8. The Bertz CT molecular complexity index is 1650. The van der Waals surface area contributed by atoms with Gasteiger partial charge in [-0.05, 0) is 93.4 Å². The van der Waals surface area contributed by atoms with Gasteiger partial charge in [-0.3, -0.25) is 9.69 Å². The normalized spacial score (nSPS) is 23.6. The van der Waals surface area contributed by atoms with Gasteiger partial charge < -0.3 is 19.7 Å². The maximum atomic E-state index is 13.0. The Balaban J connectivity index is 0.000000818. The number of Topliss-reactive ketones (excluding diaryl/α,β-unsaturated/α-hetero) is 1. The lowest BCUT2D eigenvalue weighted by molar-refractivity contribution is -0.0685. The number of anilines is 2. The van der Waals surface area contributed by atoms with Crippen LogP contribution in [-0.4, -0.2) is 43.0 Å². The molecule has 1 N–H and O–H groups in total. The molecule has 2 saturated carbocycles. The van der Waals surface area contributed by atoms with Crippen molar-refractivity contribution in [3.05, 3.63) is 82.9 Å². The molecule has 0 bridgehead atoms. The van der Waals surface area contributed by atoms with E-state index in [9.17, 15) is 10.1 Å². The van der Waals surface area contributed by atoms with E-state index in [1.165, 1.54) is 30.5 Å². The number of nitriles is 1. The van der Waals surface area contributed by atoms with Crippen LogP contribution in [0.3, 0.4) is 0 Å². The molecule has 0 aromatic heterocycles. The Morgan fingerprint density at radius 2 is 1.77 bits per heavy atom. The molecule has 3 fully saturated rings. The van der Waals surface area contributed by atoms with E-state index in [4.69, 9.17) is 9.47 Å². The summed E-state index contributed by atoms with van der Waals surface area (Å²) in [7, 11) is 0. The van der Waals surface area contributed by atoms with Crippen molar-refractivity contribution >= 4 is 17.2 Å². The highest BCUT2D eigenvalue weighted by Crippen LogP contribution is 2.49. The van der Waals surface area contributed by atoms with Crippen LogP contribution in [0.4, 0.5) is 11.4 Å². The second-order valence-corrected chi connectivity index (χ2v) is 14.4. The number of nitrogens with one attached hydrogen (secondary N) is 1. The molecule has 47 heavy (non-hydrogen) atoms. The van der Waals surface area contributed by atoms with E-state index < -0.39 is 5.79 Å². The van der Waals surface area contributed by atoms with Crippen LogP contribution in [-0.2, 0) is 5.79 Å². The summed E-state index contributed by atoms with van der Waals surface area (Å²) in [5.41, 5.74) is 5.81. The first-order valence-electron chi connectivity index (χ1n) is 17.8. The average Bonchev–Trinajstić information content (AvgIpc) is 3.65. The predicted molar refractivity (Wildman–Crippen MR) is 186 cm³/mol. The van der Waals surface area contributed by atoms with Crippen LogP contribution in [0, 0.1) is 23.2 Å². The molecule has 3 heterocycles. The van der Waals surface area contributed by atoms with E-state index in [2.05, 4.69) is 59.3 Å². The van der Waals surface area contributed by atoms with Crippen molar-refractivity contribution < 1.29 is 14.3 Å². The maximum Gasteiger partial charge on any atom is 0.275 e. The van der Waals surface area contributed by atoms with Gasteiger partial charge in [0.15, 0.2) is 17.3 Å². The number of ketones is 1. The highest BCUT2D eigenvalue weighted by atomic mass is 16.7. The van der Waals surface area contributed by atoms with Crippen LogP contribution in [0.2, 0.25) is 0 Å². The molecule has 7 nitrogen and oxygen atoms in total. The molecule has 5 aliphatic rings. The summed E-state index contributed by atoms with van der Waals surface area (Å²) >= 11 is 0. The van der Waals surface area contributed by atoms with Crippen LogP contribution in [0.5, 0.6) is 11.5 Å². The average molecular weight is 633 g/mol. The van der Waals surface area contributed by atoms with Gasteiger partial charge in [0, 0.05) is 42.6 Å². The predicted octanol–water partition coefficient (Wildman–Crippen LogP) is 8.45. The number of fused-ring (bicyclic) bond motifs is 2. The number of carbonyl (C=O) groups is 1. The molecule has 7 heteroatoms. The highest BCUT2D eigenvalue weighted by Gasteiger charge is 2.41. The molecule has 246 valence electrons. The van der Waals surface area contributed by atoms with Crippen molar-refractivity contribution in [2.24, 2.45) is 11.8 Å². The summed E-state index contributed by atoms with van der Waals surface area (Å²) in [5, 5.41) is 13.1. The monoisotopic (exact) mass is 632 g/mol. The molecule has 0 amide bonds. The van der Waals surface area contributed by atoms with Crippen molar-refractivity contribution in [1.29, 1.82) is 5.26 Å². The number of para-hydroxylation sites is 1. The van der Waals surface area contributed by atoms with Gasteiger partial charge in [-0.1, -0.05) is 57.4 Å². The van der Waals surface area contributed by atoms with Gasteiger partial charge in [-0.25, -0.2) is 0 Å².